The van der Waals surface area contributed by atoms with E-state index in [4.69, 9.17) is 9.47 Å². The Morgan fingerprint density at radius 1 is 0.943 bits per heavy atom. The van der Waals surface area contributed by atoms with Crippen LogP contribution in [0.15, 0.2) is 71.6 Å². The van der Waals surface area contributed by atoms with E-state index >= 15 is 0 Å². The first-order chi connectivity index (χ1) is 16.7. The summed E-state index contributed by atoms with van der Waals surface area (Å²) in [4.78, 5) is 13.2. The highest BCUT2D eigenvalue weighted by Crippen LogP contribution is 2.27. The number of methoxy groups -OCH3 is 2. The Kier molecular flexibility index (Phi) is 8.40. The Morgan fingerprint density at radius 3 is 2.14 bits per heavy atom. The van der Waals surface area contributed by atoms with Crippen LogP contribution in [0.1, 0.15) is 36.1 Å². The van der Waals surface area contributed by atoms with Crippen LogP contribution in [0.2, 0.25) is 0 Å². The number of hydrogen-bond donors (Lipinski definition) is 1. The van der Waals surface area contributed by atoms with Crippen molar-refractivity contribution in [1.82, 2.24) is 5.32 Å². The molecular weight excluding hydrogens is 464 g/mol. The van der Waals surface area contributed by atoms with Crippen LogP contribution >= 0.6 is 0 Å². The average molecular weight is 497 g/mol. The molecule has 35 heavy (non-hydrogen) atoms. The molecule has 0 aliphatic carbocycles. The minimum absolute atomic E-state index is 0.0736. The van der Waals surface area contributed by atoms with E-state index in [2.05, 4.69) is 5.32 Å². The van der Waals surface area contributed by atoms with Crippen LogP contribution in [0.4, 0.5) is 5.69 Å². The van der Waals surface area contributed by atoms with Crippen LogP contribution in [0.3, 0.4) is 0 Å². The molecule has 186 valence electrons. The third-order valence-electron chi connectivity index (χ3n) is 5.82. The maximum atomic E-state index is 13.6. The van der Waals surface area contributed by atoms with E-state index in [1.165, 1.54) is 19.2 Å². The quantitative estimate of drug-likeness (QED) is 0.437. The molecule has 1 N–H and O–H groups in total. The molecule has 0 radical (unpaired) electrons. The zero-order valence-electron chi connectivity index (χ0n) is 20.7. The molecule has 3 aromatic carbocycles. The van der Waals surface area contributed by atoms with E-state index in [-0.39, 0.29) is 17.5 Å². The molecule has 0 spiro atoms. The average Bonchev–Trinajstić information content (AvgIpc) is 2.86. The van der Waals surface area contributed by atoms with Gasteiger partial charge in [0, 0.05) is 0 Å². The molecule has 0 fully saturated rings. The molecule has 3 rings (SSSR count). The fourth-order valence-electron chi connectivity index (χ4n) is 3.81. The number of sulfonamides is 1. The van der Waals surface area contributed by atoms with Crippen molar-refractivity contribution in [3.63, 3.8) is 0 Å². The lowest BCUT2D eigenvalue weighted by atomic mass is 10.0. The molecule has 0 aliphatic rings. The van der Waals surface area contributed by atoms with Gasteiger partial charge in [-0.25, -0.2) is 8.42 Å². The number of nitrogens with one attached hydrogen (secondary N) is 1. The fourth-order valence-corrected chi connectivity index (χ4v) is 5.23. The molecule has 1 atom stereocenters. The smallest absolute Gasteiger partial charge is 0.264 e. The summed E-state index contributed by atoms with van der Waals surface area (Å²) >= 11 is 0. The van der Waals surface area contributed by atoms with Crippen LogP contribution in [-0.2, 0) is 14.8 Å². The van der Waals surface area contributed by atoms with Gasteiger partial charge in [-0.05, 0) is 73.9 Å². The number of benzene rings is 3. The fraction of sp³-hybridized carbons (Fsp3) is 0.296. The lowest BCUT2D eigenvalue weighted by Crippen LogP contribution is -2.42. The van der Waals surface area contributed by atoms with Gasteiger partial charge in [0.15, 0.2) is 0 Å². The Hall–Kier alpha value is -3.52. The highest BCUT2D eigenvalue weighted by atomic mass is 32.2. The molecule has 0 aliphatic heterocycles. The van der Waals surface area contributed by atoms with E-state index in [0.717, 1.165) is 26.7 Å². The highest BCUT2D eigenvalue weighted by Gasteiger charge is 2.28. The monoisotopic (exact) mass is 496 g/mol. The van der Waals surface area contributed by atoms with Crippen molar-refractivity contribution >= 4 is 21.6 Å². The largest absolute Gasteiger partial charge is 0.497 e. The van der Waals surface area contributed by atoms with Crippen molar-refractivity contribution in [2.24, 2.45) is 0 Å². The van der Waals surface area contributed by atoms with Gasteiger partial charge in [-0.15, -0.1) is 0 Å². The highest BCUT2D eigenvalue weighted by molar-refractivity contribution is 7.92. The van der Waals surface area contributed by atoms with E-state index in [1.807, 2.05) is 51.1 Å². The molecule has 0 saturated carbocycles. The van der Waals surface area contributed by atoms with Gasteiger partial charge in [0.2, 0.25) is 5.91 Å². The number of rotatable bonds is 10. The molecule has 0 heterocycles. The summed E-state index contributed by atoms with van der Waals surface area (Å²) < 4.78 is 38.8. The van der Waals surface area contributed by atoms with Gasteiger partial charge in [0.1, 0.15) is 18.0 Å². The normalized spacial score (nSPS) is 12.0. The molecule has 3 aromatic rings. The number of carbonyl (C=O) groups is 1. The molecule has 0 bridgehead atoms. The standard InChI is InChI=1S/C27H32N2O5S/c1-6-25(21-9-16-26(34-5)20(3)17-21)28-27(30)18-29(22-10-7-19(2)8-11-22)35(31,32)24-14-12-23(33-4)13-15-24/h7-17,25H,6,18H2,1-5H3,(H,28,30). The summed E-state index contributed by atoms with van der Waals surface area (Å²) in [6, 6.07) is 18.6. The van der Waals surface area contributed by atoms with Crippen LogP contribution in [0, 0.1) is 13.8 Å². The van der Waals surface area contributed by atoms with Crippen molar-refractivity contribution in [2.45, 2.75) is 38.1 Å². The summed E-state index contributed by atoms with van der Waals surface area (Å²) in [5.74, 6) is 0.915. The number of nitrogens with zero attached hydrogens (tertiary/aromatic N) is 1. The van der Waals surface area contributed by atoms with Crippen molar-refractivity contribution in [2.75, 3.05) is 25.1 Å². The molecule has 0 saturated heterocycles. The second-order valence-corrected chi connectivity index (χ2v) is 10.1. The Morgan fingerprint density at radius 2 is 1.60 bits per heavy atom. The maximum Gasteiger partial charge on any atom is 0.264 e. The zero-order chi connectivity index (χ0) is 25.6. The molecule has 1 unspecified atom stereocenters. The Balaban J connectivity index is 1.90. The lowest BCUT2D eigenvalue weighted by Gasteiger charge is -2.26. The lowest BCUT2D eigenvalue weighted by molar-refractivity contribution is -0.120. The van der Waals surface area contributed by atoms with E-state index in [0.29, 0.717) is 17.9 Å². The van der Waals surface area contributed by atoms with Crippen LogP contribution in [-0.4, -0.2) is 35.1 Å². The van der Waals surface area contributed by atoms with Crippen LogP contribution in [0.5, 0.6) is 11.5 Å². The van der Waals surface area contributed by atoms with Gasteiger partial charge in [-0.2, -0.15) is 0 Å². The number of anilines is 1. The topological polar surface area (TPSA) is 84.9 Å². The maximum absolute atomic E-state index is 13.6. The zero-order valence-corrected chi connectivity index (χ0v) is 21.6. The third-order valence-corrected chi connectivity index (χ3v) is 7.61. The Bertz CT molecular complexity index is 1260. The molecular formula is C27H32N2O5S. The van der Waals surface area contributed by atoms with Crippen LogP contribution < -0.4 is 19.1 Å². The first-order valence-electron chi connectivity index (χ1n) is 11.4. The van der Waals surface area contributed by atoms with Gasteiger partial charge >= 0.3 is 0 Å². The van der Waals surface area contributed by atoms with Gasteiger partial charge in [0.05, 0.1) is 30.8 Å². The van der Waals surface area contributed by atoms with Gasteiger partial charge in [0.25, 0.3) is 10.0 Å². The molecule has 7 nitrogen and oxygen atoms in total. The summed E-state index contributed by atoms with van der Waals surface area (Å²) in [5, 5.41) is 3.00. The van der Waals surface area contributed by atoms with Gasteiger partial charge in [-0.3, -0.25) is 9.10 Å². The first kappa shape index (κ1) is 26.1. The van der Waals surface area contributed by atoms with Crippen LogP contribution in [0.25, 0.3) is 0 Å². The minimum Gasteiger partial charge on any atom is -0.497 e. The number of carbonyl (C=O) groups excluding carboxylic acids is 1. The summed E-state index contributed by atoms with van der Waals surface area (Å²) in [6.07, 6.45) is 0.646. The van der Waals surface area contributed by atoms with Crippen molar-refractivity contribution in [3.8, 4) is 11.5 Å². The van der Waals surface area contributed by atoms with Gasteiger partial charge in [-0.1, -0.05) is 36.8 Å². The molecule has 8 heteroatoms. The SMILES string of the molecule is CCC(NC(=O)CN(c1ccc(C)cc1)S(=O)(=O)c1ccc(OC)cc1)c1ccc(OC)c(C)c1. The van der Waals surface area contributed by atoms with Crippen molar-refractivity contribution in [3.05, 3.63) is 83.4 Å². The number of ether oxygens (including phenoxy) is 2. The molecule has 0 aromatic heterocycles. The second kappa shape index (κ2) is 11.3. The van der Waals surface area contributed by atoms with E-state index in [9.17, 15) is 13.2 Å². The minimum atomic E-state index is -4.01. The third kappa shape index (κ3) is 6.14. The number of hydrogen-bond acceptors (Lipinski definition) is 5. The van der Waals surface area contributed by atoms with Gasteiger partial charge < -0.3 is 14.8 Å². The number of aryl methyl sites for hydroxylation is 2. The molecule has 1 amide bonds. The van der Waals surface area contributed by atoms with Crippen molar-refractivity contribution in [1.29, 1.82) is 0 Å². The predicted octanol–water partition coefficient (Wildman–Crippen LogP) is 4.78. The summed E-state index contributed by atoms with van der Waals surface area (Å²) in [7, 11) is -0.880. The summed E-state index contributed by atoms with van der Waals surface area (Å²) in [5.41, 5.74) is 3.29. The van der Waals surface area contributed by atoms with Crippen molar-refractivity contribution < 1.29 is 22.7 Å². The van der Waals surface area contributed by atoms with E-state index < -0.39 is 15.9 Å². The first-order valence-corrected chi connectivity index (χ1v) is 12.8. The predicted molar refractivity (Wildman–Crippen MR) is 138 cm³/mol. The Labute approximate surface area is 207 Å². The second-order valence-electron chi connectivity index (χ2n) is 8.28. The number of amides is 1. The summed E-state index contributed by atoms with van der Waals surface area (Å²) in [6.45, 7) is 5.47. The van der Waals surface area contributed by atoms with E-state index in [1.54, 1.807) is 31.4 Å².